The zero-order valence-electron chi connectivity index (χ0n) is 13.8. The van der Waals surface area contributed by atoms with Gasteiger partial charge in [0.25, 0.3) is 0 Å². The number of nitrogens with one attached hydrogen (secondary N) is 2. The summed E-state index contributed by atoms with van der Waals surface area (Å²) in [5, 5.41) is 17.7. The third-order valence-corrected chi connectivity index (χ3v) is 3.63. The number of hydrogen-bond donors (Lipinski definition) is 4. The van der Waals surface area contributed by atoms with Gasteiger partial charge in [-0.25, -0.2) is 24.5 Å². The second-order valence-corrected chi connectivity index (χ2v) is 5.41. The topological polar surface area (TPSA) is 161 Å². The fourth-order valence-electron chi connectivity index (χ4n) is 2.53. The molecule has 0 aromatic carbocycles. The number of amides is 1. The first-order valence-corrected chi connectivity index (χ1v) is 7.70. The van der Waals surface area contributed by atoms with Crippen LogP contribution in [0.5, 0.6) is 0 Å². The number of hydrogen-bond acceptors (Lipinski definition) is 7. The van der Waals surface area contributed by atoms with Gasteiger partial charge in [0, 0.05) is 19.1 Å². The summed E-state index contributed by atoms with van der Waals surface area (Å²) >= 11 is 0. The summed E-state index contributed by atoms with van der Waals surface area (Å²) in [6, 6.07) is 0.109. The maximum Gasteiger partial charge on any atom is 0.414 e. The molecule has 0 spiro atoms. The quantitative estimate of drug-likeness (QED) is 0.427. The minimum atomic E-state index is -1.82. The Labute approximate surface area is 147 Å². The molecule has 2 aromatic rings. The smallest absolute Gasteiger partial charge is 0.414 e. The number of fused-ring (bicyclic) bond motifs is 1. The Hall–Kier alpha value is -3.50. The summed E-state index contributed by atoms with van der Waals surface area (Å²) in [7, 11) is 0. The van der Waals surface area contributed by atoms with Gasteiger partial charge < -0.3 is 25.4 Å². The molecule has 0 saturated carbocycles. The second kappa shape index (κ2) is 8.55. The Morgan fingerprint density at radius 1 is 1.27 bits per heavy atom. The van der Waals surface area contributed by atoms with Crippen LogP contribution in [0.2, 0.25) is 0 Å². The number of H-pyrrole nitrogens is 1. The summed E-state index contributed by atoms with van der Waals surface area (Å²) < 4.78 is 0. The third-order valence-electron chi connectivity index (χ3n) is 3.63. The van der Waals surface area contributed by atoms with Crippen molar-refractivity contribution in [1.82, 2.24) is 25.3 Å². The van der Waals surface area contributed by atoms with Crippen molar-refractivity contribution in [2.24, 2.45) is 0 Å². The van der Waals surface area contributed by atoms with E-state index < -0.39 is 11.9 Å². The lowest BCUT2D eigenvalue weighted by Crippen LogP contribution is -2.47. The monoisotopic (exact) mass is 362 g/mol. The van der Waals surface area contributed by atoms with E-state index in [1.807, 2.05) is 0 Å². The van der Waals surface area contributed by atoms with E-state index in [1.54, 1.807) is 6.33 Å². The van der Waals surface area contributed by atoms with Crippen molar-refractivity contribution in [3.8, 4) is 0 Å². The SMILES string of the molecule is C=CC(=O)N[C@@H]1CCCN(c2ncnc3[nH]cnc23)C1.O=C(O)C(=O)O. The highest BCUT2D eigenvalue weighted by atomic mass is 16.4. The average Bonchev–Trinajstić information content (AvgIpc) is 3.11. The van der Waals surface area contributed by atoms with Crippen LogP contribution >= 0.6 is 0 Å². The predicted octanol–water partition coefficient (Wildman–Crippen LogP) is -0.221. The molecule has 1 aliphatic heterocycles. The van der Waals surface area contributed by atoms with Crippen molar-refractivity contribution >= 4 is 34.8 Å². The van der Waals surface area contributed by atoms with Crippen molar-refractivity contribution in [3.63, 3.8) is 0 Å². The van der Waals surface area contributed by atoms with Gasteiger partial charge in [-0.3, -0.25) is 4.79 Å². The standard InChI is InChI=1S/C13H16N6O.C2H2O4/c1-2-10(20)18-9-4-3-5-19(6-9)13-11-12(15-7-14-11)16-8-17-13;3-1(4)2(5)6/h2,7-9H,1,3-6H2,(H,18,20)(H,14,15,16,17);(H,3,4)(H,5,6)/t9-;/m1./s1. The number of carboxylic acid groups (broad SMARTS) is 2. The molecule has 3 rings (SSSR count). The number of imidazole rings is 1. The van der Waals surface area contributed by atoms with Crippen molar-refractivity contribution in [2.45, 2.75) is 18.9 Å². The Balaban J connectivity index is 0.000000352. The molecule has 138 valence electrons. The highest BCUT2D eigenvalue weighted by Crippen LogP contribution is 2.23. The molecular formula is C15H18N6O5. The van der Waals surface area contributed by atoms with Gasteiger partial charge in [0.1, 0.15) is 11.8 Å². The van der Waals surface area contributed by atoms with E-state index in [2.05, 4.69) is 36.7 Å². The number of carbonyl (C=O) groups is 3. The van der Waals surface area contributed by atoms with E-state index in [9.17, 15) is 4.79 Å². The minimum Gasteiger partial charge on any atom is -0.473 e. The Morgan fingerprint density at radius 2 is 2.00 bits per heavy atom. The molecule has 0 unspecified atom stereocenters. The van der Waals surface area contributed by atoms with Crippen LogP contribution in [-0.2, 0) is 14.4 Å². The lowest BCUT2D eigenvalue weighted by molar-refractivity contribution is -0.159. The normalized spacial score (nSPS) is 16.3. The molecule has 2 aromatic heterocycles. The number of aromatic nitrogens is 4. The minimum absolute atomic E-state index is 0.109. The summed E-state index contributed by atoms with van der Waals surface area (Å²) in [6.45, 7) is 5.10. The number of carbonyl (C=O) groups excluding carboxylic acids is 1. The van der Waals surface area contributed by atoms with Crippen LogP contribution in [0.15, 0.2) is 25.3 Å². The van der Waals surface area contributed by atoms with E-state index in [0.29, 0.717) is 0 Å². The molecule has 1 aliphatic rings. The number of aromatic amines is 1. The first-order valence-electron chi connectivity index (χ1n) is 7.70. The number of piperidine rings is 1. The summed E-state index contributed by atoms with van der Waals surface area (Å²) in [6.07, 6.45) is 6.41. The maximum absolute atomic E-state index is 11.4. The van der Waals surface area contributed by atoms with Crippen LogP contribution in [0, 0.1) is 0 Å². The summed E-state index contributed by atoms with van der Waals surface area (Å²) in [5.41, 5.74) is 1.50. The lowest BCUT2D eigenvalue weighted by Gasteiger charge is -2.33. The van der Waals surface area contributed by atoms with Crippen molar-refractivity contribution in [1.29, 1.82) is 0 Å². The Morgan fingerprint density at radius 3 is 2.65 bits per heavy atom. The van der Waals surface area contributed by atoms with Crippen LogP contribution < -0.4 is 10.2 Å². The molecule has 0 bridgehead atoms. The van der Waals surface area contributed by atoms with Gasteiger partial charge in [-0.15, -0.1) is 0 Å². The second-order valence-electron chi connectivity index (χ2n) is 5.41. The molecule has 1 fully saturated rings. The summed E-state index contributed by atoms with van der Waals surface area (Å²) in [4.78, 5) is 47.5. The van der Waals surface area contributed by atoms with Gasteiger partial charge in [0.15, 0.2) is 11.5 Å². The molecule has 0 aliphatic carbocycles. The molecule has 11 heteroatoms. The van der Waals surface area contributed by atoms with E-state index in [1.165, 1.54) is 12.4 Å². The molecule has 4 N–H and O–H groups in total. The first-order chi connectivity index (χ1) is 12.4. The van der Waals surface area contributed by atoms with Crippen molar-refractivity contribution in [2.75, 3.05) is 18.0 Å². The fourth-order valence-corrected chi connectivity index (χ4v) is 2.53. The van der Waals surface area contributed by atoms with Gasteiger partial charge >= 0.3 is 11.9 Å². The van der Waals surface area contributed by atoms with E-state index in [0.717, 1.165) is 42.9 Å². The van der Waals surface area contributed by atoms with Crippen LogP contribution in [0.1, 0.15) is 12.8 Å². The summed E-state index contributed by atoms with van der Waals surface area (Å²) in [5.74, 6) is -2.97. The molecule has 0 radical (unpaired) electrons. The lowest BCUT2D eigenvalue weighted by atomic mass is 10.1. The molecular weight excluding hydrogens is 344 g/mol. The van der Waals surface area contributed by atoms with Gasteiger partial charge in [0.05, 0.1) is 6.33 Å². The fraction of sp³-hybridized carbons (Fsp3) is 0.333. The highest BCUT2D eigenvalue weighted by Gasteiger charge is 2.23. The van der Waals surface area contributed by atoms with Crippen molar-refractivity contribution in [3.05, 3.63) is 25.3 Å². The molecule has 11 nitrogen and oxygen atoms in total. The number of carboxylic acids is 2. The number of rotatable bonds is 3. The number of aliphatic carboxylic acids is 2. The van der Waals surface area contributed by atoms with E-state index in [4.69, 9.17) is 19.8 Å². The highest BCUT2D eigenvalue weighted by molar-refractivity contribution is 6.27. The van der Waals surface area contributed by atoms with E-state index >= 15 is 0 Å². The molecule has 26 heavy (non-hydrogen) atoms. The average molecular weight is 362 g/mol. The maximum atomic E-state index is 11.4. The third kappa shape index (κ3) is 4.75. The van der Waals surface area contributed by atoms with Gasteiger partial charge in [-0.05, 0) is 18.9 Å². The molecule has 1 amide bonds. The zero-order chi connectivity index (χ0) is 19.1. The Kier molecular flexibility index (Phi) is 6.20. The van der Waals surface area contributed by atoms with Gasteiger partial charge in [0.2, 0.25) is 5.91 Å². The van der Waals surface area contributed by atoms with Crippen molar-refractivity contribution < 1.29 is 24.6 Å². The van der Waals surface area contributed by atoms with Gasteiger partial charge in [-0.2, -0.15) is 0 Å². The Bertz CT molecular complexity index is 808. The predicted molar refractivity (Wildman–Crippen MR) is 90.5 cm³/mol. The van der Waals surface area contributed by atoms with E-state index in [-0.39, 0.29) is 11.9 Å². The van der Waals surface area contributed by atoms with Crippen LogP contribution in [0.25, 0.3) is 11.2 Å². The molecule has 1 atom stereocenters. The molecule has 1 saturated heterocycles. The number of nitrogens with zero attached hydrogens (tertiary/aromatic N) is 4. The first kappa shape index (κ1) is 18.8. The largest absolute Gasteiger partial charge is 0.473 e. The van der Waals surface area contributed by atoms with Crippen LogP contribution in [-0.4, -0.2) is 67.1 Å². The van der Waals surface area contributed by atoms with Gasteiger partial charge in [-0.1, -0.05) is 6.58 Å². The van der Waals surface area contributed by atoms with Crippen LogP contribution in [0.3, 0.4) is 0 Å². The zero-order valence-corrected chi connectivity index (χ0v) is 13.8. The molecule has 3 heterocycles. The number of anilines is 1. The van der Waals surface area contributed by atoms with Crippen LogP contribution in [0.4, 0.5) is 5.82 Å².